The number of nitrogens with zero attached hydrogens (tertiary/aromatic N) is 1. The average Bonchev–Trinajstić information content (AvgIpc) is 1.80. The van der Waals surface area contributed by atoms with Crippen LogP contribution in [0.25, 0.3) is 0 Å². The predicted molar refractivity (Wildman–Crippen MR) is 38.8 cm³/mol. The standard InChI is InChI=1S/C4H4ClN3S/c5-2-1-7-4(9)8-3(2)6/h1H,(H3,6,7,8,9). The fraction of sp³-hybridized carbons (Fsp3) is 0. The third-order valence-electron chi connectivity index (χ3n) is 0.794. The second-order valence-electron chi connectivity index (χ2n) is 1.45. The van der Waals surface area contributed by atoms with Crippen LogP contribution < -0.4 is 5.73 Å². The van der Waals surface area contributed by atoms with Crippen molar-refractivity contribution in [3.05, 3.63) is 16.0 Å². The van der Waals surface area contributed by atoms with Crippen LogP contribution in [0.5, 0.6) is 0 Å². The van der Waals surface area contributed by atoms with Crippen molar-refractivity contribution in [2.75, 3.05) is 5.73 Å². The lowest BCUT2D eigenvalue weighted by Crippen LogP contribution is -1.92. The molecule has 1 aromatic rings. The lowest BCUT2D eigenvalue weighted by Gasteiger charge is -1.92. The number of nitrogens with two attached hydrogens (primary N) is 1. The van der Waals surface area contributed by atoms with Crippen LogP contribution in [0.4, 0.5) is 5.82 Å². The maximum Gasteiger partial charge on any atom is 0.198 e. The number of aromatic nitrogens is 2. The Labute approximate surface area is 61.9 Å². The van der Waals surface area contributed by atoms with E-state index in [1.165, 1.54) is 6.20 Å². The third kappa shape index (κ3) is 1.40. The van der Waals surface area contributed by atoms with Crippen molar-refractivity contribution in [2.24, 2.45) is 0 Å². The Morgan fingerprint density at radius 2 is 2.44 bits per heavy atom. The zero-order valence-corrected chi connectivity index (χ0v) is 5.96. The molecule has 3 N–H and O–H groups in total. The van der Waals surface area contributed by atoms with E-state index in [2.05, 4.69) is 22.2 Å². The Bertz CT molecular complexity index is 269. The molecule has 0 bridgehead atoms. The summed E-state index contributed by atoms with van der Waals surface area (Å²) in [4.78, 5) is 6.27. The van der Waals surface area contributed by atoms with Gasteiger partial charge in [-0.05, 0) is 12.2 Å². The summed E-state index contributed by atoms with van der Waals surface area (Å²) in [5.74, 6) is 0.358. The van der Waals surface area contributed by atoms with Crippen LogP contribution in [0.1, 0.15) is 0 Å². The molecule has 3 nitrogen and oxygen atoms in total. The molecule has 0 fully saturated rings. The van der Waals surface area contributed by atoms with Gasteiger partial charge in [-0.3, -0.25) is 0 Å². The van der Waals surface area contributed by atoms with Crippen molar-refractivity contribution in [3.63, 3.8) is 0 Å². The average molecular weight is 162 g/mol. The highest BCUT2D eigenvalue weighted by Crippen LogP contribution is 2.11. The van der Waals surface area contributed by atoms with Gasteiger partial charge in [-0.1, -0.05) is 11.6 Å². The van der Waals surface area contributed by atoms with Gasteiger partial charge in [-0.2, -0.15) is 0 Å². The molecule has 9 heavy (non-hydrogen) atoms. The molecular formula is C4H4ClN3S. The first kappa shape index (κ1) is 6.51. The molecule has 0 saturated heterocycles. The van der Waals surface area contributed by atoms with Crippen LogP contribution in [0.2, 0.25) is 5.02 Å². The number of halogens is 1. The van der Waals surface area contributed by atoms with Gasteiger partial charge in [0, 0.05) is 0 Å². The van der Waals surface area contributed by atoms with Crippen molar-refractivity contribution in [3.8, 4) is 0 Å². The Hall–Kier alpha value is -0.610. The zero-order chi connectivity index (χ0) is 6.85. The van der Waals surface area contributed by atoms with Gasteiger partial charge in [0.05, 0.1) is 11.2 Å². The van der Waals surface area contributed by atoms with E-state index in [4.69, 9.17) is 17.3 Å². The van der Waals surface area contributed by atoms with Crippen molar-refractivity contribution in [1.82, 2.24) is 9.97 Å². The summed E-state index contributed by atoms with van der Waals surface area (Å²) < 4.78 is 0.344. The highest BCUT2D eigenvalue weighted by atomic mass is 35.5. The summed E-state index contributed by atoms with van der Waals surface area (Å²) in [5, 5.41) is 0.392. The molecule has 1 heterocycles. The molecule has 0 spiro atoms. The van der Waals surface area contributed by atoms with E-state index in [-0.39, 0.29) is 0 Å². The second-order valence-corrected chi connectivity index (χ2v) is 2.24. The van der Waals surface area contributed by atoms with E-state index in [0.29, 0.717) is 15.6 Å². The number of nitrogens with one attached hydrogen (secondary N) is 1. The smallest absolute Gasteiger partial charge is 0.198 e. The highest BCUT2D eigenvalue weighted by Gasteiger charge is 1.91. The summed E-state index contributed by atoms with van der Waals surface area (Å²) in [6.07, 6.45) is 1.41. The number of hydrogen-bond acceptors (Lipinski definition) is 3. The monoisotopic (exact) mass is 161 g/mol. The molecule has 0 saturated carbocycles. The molecule has 0 aromatic carbocycles. The molecule has 0 radical (unpaired) electrons. The van der Waals surface area contributed by atoms with Gasteiger partial charge in [0.25, 0.3) is 0 Å². The highest BCUT2D eigenvalue weighted by molar-refractivity contribution is 7.71. The van der Waals surface area contributed by atoms with Crippen LogP contribution in [0.15, 0.2) is 6.20 Å². The number of anilines is 1. The molecule has 1 aromatic heterocycles. The van der Waals surface area contributed by atoms with E-state index in [0.717, 1.165) is 0 Å². The molecule has 48 valence electrons. The van der Waals surface area contributed by atoms with Crippen molar-refractivity contribution in [1.29, 1.82) is 0 Å². The Morgan fingerprint density at radius 3 is 2.89 bits per heavy atom. The number of rotatable bonds is 0. The van der Waals surface area contributed by atoms with Crippen molar-refractivity contribution < 1.29 is 0 Å². The van der Waals surface area contributed by atoms with Gasteiger partial charge >= 0.3 is 0 Å². The number of hydrogen-bond donors (Lipinski definition) is 2. The first-order valence-corrected chi connectivity index (χ1v) is 2.99. The SMILES string of the molecule is Nc1[nH]c(=S)ncc1Cl. The normalized spacial score (nSPS) is 9.44. The summed E-state index contributed by atoms with van der Waals surface area (Å²) in [6.45, 7) is 0. The summed E-state index contributed by atoms with van der Waals surface area (Å²) in [7, 11) is 0. The number of H-pyrrole nitrogens is 1. The predicted octanol–water partition coefficient (Wildman–Crippen LogP) is 1.37. The summed E-state index contributed by atoms with van der Waals surface area (Å²) in [5.41, 5.74) is 5.33. The molecule has 0 atom stereocenters. The number of nitrogen functional groups attached to an aromatic ring is 1. The molecular weight excluding hydrogens is 158 g/mol. The maximum atomic E-state index is 5.52. The lowest BCUT2D eigenvalue weighted by atomic mass is 10.6. The Balaban J connectivity index is 3.34. The van der Waals surface area contributed by atoms with Crippen molar-refractivity contribution >= 4 is 29.6 Å². The minimum Gasteiger partial charge on any atom is -0.384 e. The summed E-state index contributed by atoms with van der Waals surface area (Å²) in [6, 6.07) is 0. The Kier molecular flexibility index (Phi) is 1.68. The van der Waals surface area contributed by atoms with Gasteiger partial charge in [0.1, 0.15) is 5.82 Å². The van der Waals surface area contributed by atoms with Crippen LogP contribution in [-0.2, 0) is 0 Å². The third-order valence-corrected chi connectivity index (χ3v) is 1.30. The van der Waals surface area contributed by atoms with Crippen LogP contribution in [0.3, 0.4) is 0 Å². The molecule has 0 unspecified atom stereocenters. The van der Waals surface area contributed by atoms with Gasteiger partial charge < -0.3 is 10.7 Å². The molecule has 1 rings (SSSR count). The summed E-state index contributed by atoms with van der Waals surface area (Å²) >= 11 is 10.2. The van der Waals surface area contributed by atoms with E-state index >= 15 is 0 Å². The minimum absolute atomic E-state index is 0.344. The van der Waals surface area contributed by atoms with Gasteiger partial charge in [-0.25, -0.2) is 4.98 Å². The fourth-order valence-electron chi connectivity index (χ4n) is 0.392. The maximum absolute atomic E-state index is 5.52. The topological polar surface area (TPSA) is 54.7 Å². The van der Waals surface area contributed by atoms with Gasteiger partial charge in [-0.15, -0.1) is 0 Å². The van der Waals surface area contributed by atoms with Crippen LogP contribution >= 0.6 is 23.8 Å². The Morgan fingerprint density at radius 1 is 1.78 bits per heavy atom. The van der Waals surface area contributed by atoms with Crippen LogP contribution in [-0.4, -0.2) is 9.97 Å². The first-order valence-electron chi connectivity index (χ1n) is 2.20. The molecule has 5 heteroatoms. The first-order chi connectivity index (χ1) is 4.20. The molecule has 0 aliphatic carbocycles. The number of aromatic amines is 1. The van der Waals surface area contributed by atoms with E-state index in [9.17, 15) is 0 Å². The van der Waals surface area contributed by atoms with Crippen molar-refractivity contribution in [2.45, 2.75) is 0 Å². The fourth-order valence-corrected chi connectivity index (χ4v) is 0.651. The zero-order valence-electron chi connectivity index (χ0n) is 4.39. The van der Waals surface area contributed by atoms with E-state index in [1.807, 2.05) is 0 Å². The molecule has 0 aliphatic heterocycles. The minimum atomic E-state index is 0.344. The largest absolute Gasteiger partial charge is 0.384 e. The van der Waals surface area contributed by atoms with E-state index < -0.39 is 0 Å². The quantitative estimate of drug-likeness (QED) is 0.566. The molecule has 0 aliphatic rings. The van der Waals surface area contributed by atoms with Gasteiger partial charge in [0.15, 0.2) is 4.77 Å². The van der Waals surface area contributed by atoms with E-state index in [1.54, 1.807) is 0 Å². The lowest BCUT2D eigenvalue weighted by molar-refractivity contribution is 1.14. The van der Waals surface area contributed by atoms with Crippen LogP contribution in [0, 0.1) is 4.77 Å². The second kappa shape index (κ2) is 2.33. The van der Waals surface area contributed by atoms with Gasteiger partial charge in [0.2, 0.25) is 0 Å². The molecule has 0 amide bonds.